The molecule has 2 N–H and O–H groups in total. The Bertz CT molecular complexity index is 1200. The fraction of sp³-hybridized carbons (Fsp3) is 0.296. The Morgan fingerprint density at radius 1 is 1.14 bits per heavy atom. The zero-order valence-electron chi connectivity index (χ0n) is 20.4. The first-order valence-electron chi connectivity index (χ1n) is 12.0. The number of anilines is 3. The molecule has 0 spiro atoms. The highest BCUT2D eigenvalue weighted by molar-refractivity contribution is 6.33. The number of benzene rings is 2. The zero-order valence-corrected chi connectivity index (χ0v) is 21.2. The van der Waals surface area contributed by atoms with E-state index in [2.05, 4.69) is 44.0 Å². The molecule has 0 atom stereocenters. The van der Waals surface area contributed by atoms with Gasteiger partial charge in [0.15, 0.2) is 0 Å². The Balaban J connectivity index is 1.37. The topological polar surface area (TPSA) is 82.6 Å². The first-order chi connectivity index (χ1) is 17.5. The van der Waals surface area contributed by atoms with Crippen LogP contribution in [-0.4, -0.2) is 72.1 Å². The first-order valence-corrected chi connectivity index (χ1v) is 12.3. The van der Waals surface area contributed by atoms with Crippen molar-refractivity contribution in [1.82, 2.24) is 19.8 Å². The van der Waals surface area contributed by atoms with Crippen molar-refractivity contribution in [3.8, 4) is 17.0 Å². The number of piperazine rings is 1. The second-order valence-electron chi connectivity index (χ2n) is 8.66. The molecule has 1 fully saturated rings. The summed E-state index contributed by atoms with van der Waals surface area (Å²) >= 11 is 6.40. The molecule has 2 aromatic carbocycles. The van der Waals surface area contributed by atoms with Crippen molar-refractivity contribution in [2.45, 2.75) is 6.42 Å². The van der Waals surface area contributed by atoms with Crippen LogP contribution in [0.5, 0.6) is 5.75 Å². The van der Waals surface area contributed by atoms with E-state index in [1.165, 1.54) is 6.08 Å². The van der Waals surface area contributed by atoms with Gasteiger partial charge < -0.3 is 25.2 Å². The van der Waals surface area contributed by atoms with Gasteiger partial charge in [0.05, 0.1) is 23.5 Å². The number of ether oxygens (including phenoxy) is 1. The van der Waals surface area contributed by atoms with E-state index >= 15 is 0 Å². The number of hydrogen-bond donors (Lipinski definition) is 2. The molecule has 4 rings (SSSR count). The van der Waals surface area contributed by atoms with Gasteiger partial charge in [-0.1, -0.05) is 36.4 Å². The minimum Gasteiger partial charge on any atom is -0.493 e. The lowest BCUT2D eigenvalue weighted by Gasteiger charge is -2.32. The molecule has 9 heteroatoms. The third-order valence-corrected chi connectivity index (χ3v) is 6.18. The Morgan fingerprint density at radius 3 is 2.72 bits per heavy atom. The van der Waals surface area contributed by atoms with E-state index in [0.717, 1.165) is 56.1 Å². The average molecular weight is 507 g/mol. The molecule has 1 saturated heterocycles. The normalized spacial score (nSPS) is 14.3. The third kappa shape index (κ3) is 7.27. The SMILES string of the molecule is C=CC(=O)Nc1cccc(-c2nc(Nc3cccc(OCCCN4CCN(C)CC4)c3)ncc2Cl)c1. The Morgan fingerprint density at radius 2 is 1.92 bits per heavy atom. The van der Waals surface area contributed by atoms with Crippen LogP contribution < -0.4 is 15.4 Å². The van der Waals surface area contributed by atoms with Crippen LogP contribution in [0.3, 0.4) is 0 Å². The Hall–Kier alpha value is -3.46. The fourth-order valence-electron chi connectivity index (χ4n) is 3.91. The largest absolute Gasteiger partial charge is 0.493 e. The van der Waals surface area contributed by atoms with Gasteiger partial charge in [0.25, 0.3) is 0 Å². The number of halogens is 1. The molecule has 0 saturated carbocycles. The van der Waals surface area contributed by atoms with Crippen LogP contribution in [0.25, 0.3) is 11.3 Å². The van der Waals surface area contributed by atoms with Gasteiger partial charge in [0.1, 0.15) is 5.75 Å². The number of amides is 1. The standard InChI is InChI=1S/C27H31ClN6O2/c1-3-25(35)30-21-8-4-7-20(17-21)26-24(28)19-29-27(32-26)31-22-9-5-10-23(18-22)36-16-6-11-34-14-12-33(2)13-15-34/h3-5,7-10,17-19H,1,6,11-16H2,2H3,(H,30,35)(H,29,31,32). The molecule has 0 bridgehead atoms. The number of nitrogens with one attached hydrogen (secondary N) is 2. The van der Waals surface area contributed by atoms with Gasteiger partial charge in [-0.05, 0) is 43.8 Å². The first kappa shape index (κ1) is 25.6. The van der Waals surface area contributed by atoms with E-state index in [1.54, 1.807) is 18.3 Å². The Kier molecular flexibility index (Phi) is 8.89. The molecule has 3 aromatic rings. The number of nitrogens with zero attached hydrogens (tertiary/aromatic N) is 4. The number of likely N-dealkylation sites (N-methyl/N-ethyl adjacent to an activating group) is 1. The van der Waals surface area contributed by atoms with Crippen molar-refractivity contribution < 1.29 is 9.53 Å². The van der Waals surface area contributed by atoms with Crippen LogP contribution in [0.1, 0.15) is 6.42 Å². The molecule has 1 aromatic heterocycles. The van der Waals surface area contributed by atoms with Crippen molar-refractivity contribution in [1.29, 1.82) is 0 Å². The quantitative estimate of drug-likeness (QED) is 0.305. The maximum Gasteiger partial charge on any atom is 0.247 e. The Labute approximate surface area is 217 Å². The number of aromatic nitrogens is 2. The summed E-state index contributed by atoms with van der Waals surface area (Å²) in [5.41, 5.74) is 2.75. The average Bonchev–Trinajstić information content (AvgIpc) is 2.89. The summed E-state index contributed by atoms with van der Waals surface area (Å²) in [6, 6.07) is 15.0. The van der Waals surface area contributed by atoms with Gasteiger partial charge in [0.2, 0.25) is 11.9 Å². The van der Waals surface area contributed by atoms with E-state index in [1.807, 2.05) is 36.4 Å². The lowest BCUT2D eigenvalue weighted by Crippen LogP contribution is -2.44. The lowest BCUT2D eigenvalue weighted by atomic mass is 10.1. The predicted octanol–water partition coefficient (Wildman–Crippen LogP) is 4.68. The molecule has 1 aliphatic rings. The number of carbonyl (C=O) groups is 1. The molecular formula is C27H31ClN6O2. The number of carbonyl (C=O) groups excluding carboxylic acids is 1. The second kappa shape index (κ2) is 12.5. The van der Waals surface area contributed by atoms with Crippen molar-refractivity contribution in [3.05, 3.63) is 72.4 Å². The van der Waals surface area contributed by atoms with Crippen LogP contribution in [0.15, 0.2) is 67.4 Å². The summed E-state index contributed by atoms with van der Waals surface area (Å²) in [4.78, 5) is 25.4. The van der Waals surface area contributed by atoms with E-state index in [0.29, 0.717) is 29.0 Å². The smallest absolute Gasteiger partial charge is 0.247 e. The van der Waals surface area contributed by atoms with Crippen LogP contribution in [0.2, 0.25) is 5.02 Å². The maximum atomic E-state index is 11.6. The predicted molar refractivity (Wildman–Crippen MR) is 145 cm³/mol. The van der Waals surface area contributed by atoms with Gasteiger partial charge in [-0.15, -0.1) is 0 Å². The van der Waals surface area contributed by atoms with E-state index < -0.39 is 0 Å². The summed E-state index contributed by atoms with van der Waals surface area (Å²) in [6.07, 6.45) is 3.76. The minimum atomic E-state index is -0.287. The second-order valence-corrected chi connectivity index (χ2v) is 9.07. The number of rotatable bonds is 10. The van der Waals surface area contributed by atoms with Gasteiger partial charge >= 0.3 is 0 Å². The molecule has 0 radical (unpaired) electrons. The van der Waals surface area contributed by atoms with Crippen LogP contribution in [-0.2, 0) is 4.79 Å². The highest BCUT2D eigenvalue weighted by Crippen LogP contribution is 2.29. The van der Waals surface area contributed by atoms with Gasteiger partial charge in [-0.25, -0.2) is 9.97 Å². The molecule has 1 amide bonds. The summed E-state index contributed by atoms with van der Waals surface area (Å²) in [5, 5.41) is 6.38. The van der Waals surface area contributed by atoms with Crippen LogP contribution in [0.4, 0.5) is 17.3 Å². The summed E-state index contributed by atoms with van der Waals surface area (Å²) in [5.74, 6) is 0.907. The maximum absolute atomic E-state index is 11.6. The molecule has 36 heavy (non-hydrogen) atoms. The summed E-state index contributed by atoms with van der Waals surface area (Å²) < 4.78 is 5.98. The van der Waals surface area contributed by atoms with Crippen LogP contribution >= 0.6 is 11.6 Å². The number of hydrogen-bond acceptors (Lipinski definition) is 7. The highest BCUT2D eigenvalue weighted by atomic mass is 35.5. The van der Waals surface area contributed by atoms with Crippen LogP contribution in [0, 0.1) is 0 Å². The van der Waals surface area contributed by atoms with Crippen molar-refractivity contribution >= 4 is 34.8 Å². The minimum absolute atomic E-state index is 0.287. The highest BCUT2D eigenvalue weighted by Gasteiger charge is 2.13. The monoisotopic (exact) mass is 506 g/mol. The third-order valence-electron chi connectivity index (χ3n) is 5.91. The molecule has 1 aliphatic heterocycles. The van der Waals surface area contributed by atoms with E-state index in [4.69, 9.17) is 16.3 Å². The fourth-order valence-corrected chi connectivity index (χ4v) is 4.11. The molecule has 2 heterocycles. The molecular weight excluding hydrogens is 476 g/mol. The van der Waals surface area contributed by atoms with Gasteiger partial charge in [-0.2, -0.15) is 0 Å². The summed E-state index contributed by atoms with van der Waals surface area (Å²) in [7, 11) is 2.17. The van der Waals surface area contributed by atoms with Crippen molar-refractivity contribution in [2.75, 3.05) is 57.0 Å². The van der Waals surface area contributed by atoms with Gasteiger partial charge in [0, 0.05) is 55.7 Å². The van der Waals surface area contributed by atoms with E-state index in [-0.39, 0.29) is 5.91 Å². The van der Waals surface area contributed by atoms with E-state index in [9.17, 15) is 4.79 Å². The molecule has 0 aliphatic carbocycles. The lowest BCUT2D eigenvalue weighted by molar-refractivity contribution is -0.111. The molecule has 8 nitrogen and oxygen atoms in total. The molecule has 188 valence electrons. The summed E-state index contributed by atoms with van der Waals surface area (Å²) in [6.45, 7) is 9.67. The molecule has 0 unspecified atom stereocenters. The van der Waals surface area contributed by atoms with Crippen molar-refractivity contribution in [3.63, 3.8) is 0 Å². The van der Waals surface area contributed by atoms with Gasteiger partial charge in [-0.3, -0.25) is 4.79 Å². The van der Waals surface area contributed by atoms with Crippen molar-refractivity contribution in [2.24, 2.45) is 0 Å². The zero-order chi connectivity index (χ0) is 25.3.